The minimum Gasteiger partial charge on any atom is -0.550 e. The quantitative estimate of drug-likeness (QED) is 0.484. The standard InChI is InChI=1S/3C5H10O2.C3H7O.Ti/c3*1-2-3-4-5(6)7;1-3(2)4;/h3*2-4H2,1H3,(H,6,7);3H,1-2H3;/q;;;-1;+4/p-3. The van der Waals surface area contributed by atoms with E-state index >= 15 is 0 Å². The summed E-state index contributed by atoms with van der Waals surface area (Å²) >= 11 is 1.70. The summed E-state index contributed by atoms with van der Waals surface area (Å²) in [6.45, 7) is 9.84. The van der Waals surface area contributed by atoms with Crippen LogP contribution in [0, 0.1) is 0 Å². The van der Waals surface area contributed by atoms with E-state index < -0.39 is 17.9 Å². The zero-order chi connectivity index (χ0) is 21.4. The number of carbonyl (C=O) groups is 3. The molecule has 0 aliphatic rings. The summed E-state index contributed by atoms with van der Waals surface area (Å²) in [7, 11) is 0. The number of carboxylic acid groups (broad SMARTS) is 3. The zero-order valence-electron chi connectivity index (χ0n) is 16.8. The Labute approximate surface area is 170 Å². The fourth-order valence-corrected chi connectivity index (χ4v) is 0.963. The Hall–Kier alpha value is -0.916. The maximum Gasteiger partial charge on any atom is 0.0414 e. The first-order chi connectivity index (χ1) is 12.1. The third kappa shape index (κ3) is 65.8. The first kappa shape index (κ1) is 32.7. The second kappa shape index (κ2) is 28.9. The van der Waals surface area contributed by atoms with E-state index in [-0.39, 0.29) is 19.3 Å². The summed E-state index contributed by atoms with van der Waals surface area (Å²) in [6, 6.07) is 0. The Kier molecular flexibility index (Phi) is 36.3. The van der Waals surface area contributed by atoms with E-state index in [4.69, 9.17) is 3.32 Å². The van der Waals surface area contributed by atoms with E-state index in [0.717, 1.165) is 38.5 Å². The van der Waals surface area contributed by atoms with Crippen LogP contribution in [-0.4, -0.2) is 24.0 Å². The fourth-order valence-electron chi connectivity index (χ4n) is 0.963. The monoisotopic (exact) mass is 410 g/mol. The van der Waals surface area contributed by atoms with Gasteiger partial charge in [0.1, 0.15) is 0 Å². The molecule has 0 atom stereocenters. The van der Waals surface area contributed by atoms with Crippen LogP contribution < -0.4 is 15.3 Å². The van der Waals surface area contributed by atoms with Crippen molar-refractivity contribution in [2.75, 3.05) is 0 Å². The van der Waals surface area contributed by atoms with E-state index in [9.17, 15) is 29.7 Å². The van der Waals surface area contributed by atoms with Crippen LogP contribution in [0.15, 0.2) is 0 Å². The SMILES string of the molecule is CC(C)[O][Ti+3].CCCCC(=O)[O-].CCCCC(=O)[O-].CCCCC(=O)[O-]. The normalized spacial score (nSPS) is 8.92. The minimum atomic E-state index is -0.943. The van der Waals surface area contributed by atoms with Gasteiger partial charge in [0.25, 0.3) is 0 Å². The van der Waals surface area contributed by atoms with Gasteiger partial charge < -0.3 is 29.7 Å². The molecule has 7 nitrogen and oxygen atoms in total. The third-order valence-corrected chi connectivity index (χ3v) is 3.18. The largest absolute Gasteiger partial charge is 0.550 e. The predicted octanol–water partition coefficient (Wildman–Crippen LogP) is 0.653. The van der Waals surface area contributed by atoms with Gasteiger partial charge in [0, 0.05) is 17.9 Å². The molecule has 0 saturated heterocycles. The Bertz CT molecular complexity index is 278. The Morgan fingerprint density at radius 3 is 0.962 bits per heavy atom. The molecule has 0 rings (SSSR count). The molecule has 152 valence electrons. The van der Waals surface area contributed by atoms with E-state index in [0.29, 0.717) is 6.10 Å². The molecule has 26 heavy (non-hydrogen) atoms. The summed E-state index contributed by atoms with van der Waals surface area (Å²) in [5.41, 5.74) is 0. The summed E-state index contributed by atoms with van der Waals surface area (Å²) in [4.78, 5) is 28.9. The minimum absolute atomic E-state index is 0.205. The first-order valence-corrected chi connectivity index (χ1v) is 9.64. The van der Waals surface area contributed by atoms with Crippen molar-refractivity contribution in [1.29, 1.82) is 0 Å². The molecule has 0 saturated carbocycles. The summed E-state index contributed by atoms with van der Waals surface area (Å²) in [6.07, 6.45) is 5.99. The molecule has 0 spiro atoms. The average molecular weight is 410 g/mol. The van der Waals surface area contributed by atoms with Crippen molar-refractivity contribution in [1.82, 2.24) is 0 Å². The zero-order valence-corrected chi connectivity index (χ0v) is 18.4. The molecule has 0 N–H and O–H groups in total. The molecule has 0 aromatic rings. The molecule has 0 aliphatic carbocycles. The molecule has 0 unspecified atom stereocenters. The van der Waals surface area contributed by atoms with Crippen molar-refractivity contribution in [3.05, 3.63) is 0 Å². The van der Waals surface area contributed by atoms with Gasteiger partial charge in [-0.25, -0.2) is 0 Å². The fraction of sp³-hybridized carbons (Fsp3) is 0.833. The Balaban J connectivity index is -0.000000125. The van der Waals surface area contributed by atoms with Gasteiger partial charge in [-0.3, -0.25) is 0 Å². The number of hydrogen-bond acceptors (Lipinski definition) is 7. The number of carboxylic acids is 3. The predicted molar refractivity (Wildman–Crippen MR) is 89.8 cm³/mol. The molecule has 0 aromatic heterocycles. The number of unbranched alkanes of at least 4 members (excludes halogenated alkanes) is 3. The first-order valence-electron chi connectivity index (χ1n) is 9.00. The second-order valence-electron chi connectivity index (χ2n) is 5.59. The number of carbonyl (C=O) groups excluding carboxylic acids is 3. The van der Waals surface area contributed by atoms with Crippen LogP contribution in [0.5, 0.6) is 0 Å². The van der Waals surface area contributed by atoms with Crippen molar-refractivity contribution in [2.45, 2.75) is 98.5 Å². The van der Waals surface area contributed by atoms with Crippen molar-refractivity contribution in [2.24, 2.45) is 0 Å². The molecule has 0 amide bonds. The van der Waals surface area contributed by atoms with Crippen molar-refractivity contribution in [3.63, 3.8) is 0 Å². The van der Waals surface area contributed by atoms with Crippen LogP contribution in [0.3, 0.4) is 0 Å². The van der Waals surface area contributed by atoms with Gasteiger partial charge in [-0.2, -0.15) is 0 Å². The van der Waals surface area contributed by atoms with Gasteiger partial charge in [-0.1, -0.05) is 40.0 Å². The van der Waals surface area contributed by atoms with Crippen LogP contribution in [0.1, 0.15) is 92.4 Å². The van der Waals surface area contributed by atoms with Crippen molar-refractivity contribution >= 4 is 17.9 Å². The molecular weight excluding hydrogens is 376 g/mol. The van der Waals surface area contributed by atoms with Gasteiger partial charge in [-0.15, -0.1) is 0 Å². The van der Waals surface area contributed by atoms with E-state index in [1.807, 2.05) is 34.6 Å². The van der Waals surface area contributed by atoms with Gasteiger partial charge in [-0.05, 0) is 38.5 Å². The second-order valence-corrected chi connectivity index (χ2v) is 5.96. The molecule has 0 bridgehead atoms. The van der Waals surface area contributed by atoms with E-state index in [1.54, 1.807) is 20.8 Å². The summed E-state index contributed by atoms with van der Waals surface area (Å²) in [5.74, 6) is -2.83. The molecule has 0 fully saturated rings. The topological polar surface area (TPSA) is 130 Å². The number of rotatable bonds is 10. The van der Waals surface area contributed by atoms with E-state index in [1.165, 1.54) is 0 Å². The number of aliphatic carboxylic acids is 3. The maximum absolute atomic E-state index is 9.65. The van der Waals surface area contributed by atoms with Crippen LogP contribution in [-0.2, 0) is 38.5 Å². The van der Waals surface area contributed by atoms with Gasteiger partial charge in [0.05, 0.1) is 0 Å². The number of hydrogen-bond donors (Lipinski definition) is 0. The molecule has 0 aliphatic heterocycles. The summed E-state index contributed by atoms with van der Waals surface area (Å²) in [5, 5.41) is 28.9. The van der Waals surface area contributed by atoms with E-state index in [2.05, 4.69) is 0 Å². The average Bonchev–Trinajstić information content (AvgIpc) is 2.57. The van der Waals surface area contributed by atoms with Crippen LogP contribution in [0.2, 0.25) is 0 Å². The molecular formula is C18H34O7Ti. The maximum atomic E-state index is 9.65. The van der Waals surface area contributed by atoms with Crippen LogP contribution in [0.25, 0.3) is 0 Å². The van der Waals surface area contributed by atoms with Gasteiger partial charge in [0.2, 0.25) is 0 Å². The third-order valence-electron chi connectivity index (χ3n) is 2.44. The summed E-state index contributed by atoms with van der Waals surface area (Å²) < 4.78 is 4.75. The van der Waals surface area contributed by atoms with Gasteiger partial charge in [0.15, 0.2) is 0 Å². The molecule has 8 heteroatoms. The van der Waals surface area contributed by atoms with Gasteiger partial charge >= 0.3 is 44.1 Å². The van der Waals surface area contributed by atoms with Crippen LogP contribution in [0.4, 0.5) is 0 Å². The molecule has 0 aromatic carbocycles. The van der Waals surface area contributed by atoms with Crippen molar-refractivity contribution < 1.29 is 53.8 Å². The van der Waals surface area contributed by atoms with Crippen molar-refractivity contribution in [3.8, 4) is 0 Å². The smallest absolute Gasteiger partial charge is 0.0414 e. The molecule has 0 radical (unpaired) electrons. The Morgan fingerprint density at radius 2 is 0.923 bits per heavy atom. The molecule has 0 heterocycles. The Morgan fingerprint density at radius 1 is 0.731 bits per heavy atom. The van der Waals surface area contributed by atoms with Crippen LogP contribution >= 0.6 is 0 Å².